The minimum atomic E-state index is -0.0916. The number of benzene rings is 4. The molecule has 0 bridgehead atoms. The van der Waals surface area contributed by atoms with Crippen LogP contribution in [0.2, 0.25) is 0 Å². The maximum atomic E-state index is 14.7. The fraction of sp³-hybridized carbons (Fsp3) is 0.146. The van der Waals surface area contributed by atoms with Gasteiger partial charge in [-0.2, -0.15) is 0 Å². The number of carbonyl (C=O) groups excluding carboxylic acids is 1. The van der Waals surface area contributed by atoms with Crippen molar-refractivity contribution >= 4 is 5.78 Å². The third-order valence-electron chi connectivity index (χ3n) is 8.03. The number of aryl methyl sites for hydroxylation is 2. The molecular weight excluding hydrogens is 568 g/mol. The largest absolute Gasteiger partial charge is 0.472 e. The van der Waals surface area contributed by atoms with Crippen LogP contribution in [-0.2, 0) is 26.1 Å². The SMILES string of the molecule is CCc1ccc(C(=O)c2ccc(CC)cc2-c2cccnc2OCc2ccccc2)c(-c2cccnc2OCc2ccccc2)c1. The van der Waals surface area contributed by atoms with Gasteiger partial charge in [-0.05, 0) is 70.5 Å². The van der Waals surface area contributed by atoms with Crippen LogP contribution >= 0.6 is 0 Å². The van der Waals surface area contributed by atoms with E-state index in [0.29, 0.717) is 36.1 Å². The van der Waals surface area contributed by atoms with Crippen molar-refractivity contribution in [2.24, 2.45) is 0 Å². The topological polar surface area (TPSA) is 61.3 Å². The van der Waals surface area contributed by atoms with E-state index in [4.69, 9.17) is 9.47 Å². The summed E-state index contributed by atoms with van der Waals surface area (Å²) >= 11 is 0. The predicted molar refractivity (Wildman–Crippen MR) is 183 cm³/mol. The Labute approximate surface area is 270 Å². The first-order valence-electron chi connectivity index (χ1n) is 15.7. The fourth-order valence-electron chi connectivity index (χ4n) is 5.48. The Balaban J connectivity index is 1.42. The van der Waals surface area contributed by atoms with E-state index in [1.807, 2.05) is 109 Å². The maximum absolute atomic E-state index is 14.7. The van der Waals surface area contributed by atoms with Gasteiger partial charge in [0.25, 0.3) is 0 Å². The van der Waals surface area contributed by atoms with E-state index < -0.39 is 0 Å². The second kappa shape index (κ2) is 14.5. The van der Waals surface area contributed by atoms with Gasteiger partial charge in [0.2, 0.25) is 11.8 Å². The average Bonchev–Trinajstić information content (AvgIpc) is 3.13. The third-order valence-corrected chi connectivity index (χ3v) is 8.03. The lowest BCUT2D eigenvalue weighted by atomic mass is 9.88. The highest BCUT2D eigenvalue weighted by molar-refractivity contribution is 6.16. The van der Waals surface area contributed by atoms with Gasteiger partial charge in [0.05, 0.1) is 0 Å². The van der Waals surface area contributed by atoms with Crippen LogP contribution in [0.3, 0.4) is 0 Å². The number of aromatic nitrogens is 2. The van der Waals surface area contributed by atoms with Crippen molar-refractivity contribution in [2.45, 2.75) is 39.9 Å². The number of ether oxygens (including phenoxy) is 2. The summed E-state index contributed by atoms with van der Waals surface area (Å²) in [6, 6.07) is 39.8. The Morgan fingerprint density at radius 3 is 1.35 bits per heavy atom. The Bertz CT molecular complexity index is 1800. The number of pyridine rings is 2. The number of hydrogen-bond donors (Lipinski definition) is 0. The van der Waals surface area contributed by atoms with Gasteiger partial charge in [-0.25, -0.2) is 9.97 Å². The van der Waals surface area contributed by atoms with Gasteiger partial charge in [0.15, 0.2) is 5.78 Å². The molecule has 0 unspecified atom stereocenters. The summed E-state index contributed by atoms with van der Waals surface area (Å²) in [7, 11) is 0. The summed E-state index contributed by atoms with van der Waals surface area (Å²) in [5.74, 6) is 0.879. The molecule has 5 heteroatoms. The van der Waals surface area contributed by atoms with Crippen LogP contribution in [0.4, 0.5) is 0 Å². The van der Waals surface area contributed by atoms with Crippen molar-refractivity contribution in [3.8, 4) is 34.0 Å². The monoisotopic (exact) mass is 604 g/mol. The highest BCUT2D eigenvalue weighted by Gasteiger charge is 2.23. The molecule has 0 aliphatic carbocycles. The Morgan fingerprint density at radius 1 is 0.500 bits per heavy atom. The predicted octanol–water partition coefficient (Wildman–Crippen LogP) is 9.32. The van der Waals surface area contributed by atoms with Crippen molar-refractivity contribution in [3.63, 3.8) is 0 Å². The summed E-state index contributed by atoms with van der Waals surface area (Å²) in [4.78, 5) is 23.9. The molecule has 0 N–H and O–H groups in total. The van der Waals surface area contributed by atoms with E-state index in [1.165, 1.54) is 0 Å². The van der Waals surface area contributed by atoms with Gasteiger partial charge in [-0.3, -0.25) is 4.79 Å². The molecule has 6 aromatic rings. The minimum absolute atomic E-state index is 0.0916. The van der Waals surface area contributed by atoms with Crippen molar-refractivity contribution in [3.05, 3.63) is 167 Å². The molecule has 46 heavy (non-hydrogen) atoms. The number of hydrogen-bond acceptors (Lipinski definition) is 5. The first-order valence-corrected chi connectivity index (χ1v) is 15.7. The summed E-state index contributed by atoms with van der Waals surface area (Å²) in [6.07, 6.45) is 5.10. The summed E-state index contributed by atoms with van der Waals surface area (Å²) in [5.41, 5.74) is 8.61. The number of nitrogens with zero attached hydrogens (tertiary/aromatic N) is 2. The van der Waals surface area contributed by atoms with Gasteiger partial charge in [0.1, 0.15) is 13.2 Å². The first-order chi connectivity index (χ1) is 22.6. The molecule has 0 aliphatic heterocycles. The molecular formula is C41H36N2O3. The van der Waals surface area contributed by atoms with Crippen LogP contribution < -0.4 is 9.47 Å². The highest BCUT2D eigenvalue weighted by atomic mass is 16.5. The zero-order valence-electron chi connectivity index (χ0n) is 26.1. The molecule has 0 spiro atoms. The van der Waals surface area contributed by atoms with E-state index in [2.05, 4.69) is 35.9 Å². The second-order valence-electron chi connectivity index (χ2n) is 11.1. The van der Waals surface area contributed by atoms with Crippen molar-refractivity contribution in [1.29, 1.82) is 0 Å². The molecule has 6 rings (SSSR count). The molecule has 5 nitrogen and oxygen atoms in total. The second-order valence-corrected chi connectivity index (χ2v) is 11.1. The van der Waals surface area contributed by atoms with Crippen LogP contribution in [0.25, 0.3) is 22.3 Å². The fourth-order valence-corrected chi connectivity index (χ4v) is 5.48. The standard InChI is InChI=1S/C41H36N2O3/c1-3-29-19-21-33(37(25-29)35-17-11-23-42-40(35)45-27-31-13-7-5-8-14-31)39(44)34-22-20-30(4-2)26-38(34)36-18-12-24-43-41(36)46-28-32-15-9-6-10-16-32/h5-26H,3-4,27-28H2,1-2H3. The number of carbonyl (C=O) groups is 1. The van der Waals surface area contributed by atoms with E-state index in [0.717, 1.165) is 57.3 Å². The lowest BCUT2D eigenvalue weighted by Crippen LogP contribution is -2.08. The lowest BCUT2D eigenvalue weighted by molar-refractivity contribution is 0.104. The molecule has 0 atom stereocenters. The van der Waals surface area contributed by atoms with E-state index in [9.17, 15) is 4.79 Å². The zero-order valence-corrected chi connectivity index (χ0v) is 26.1. The van der Waals surface area contributed by atoms with Crippen molar-refractivity contribution in [1.82, 2.24) is 9.97 Å². The van der Waals surface area contributed by atoms with Crippen LogP contribution in [-0.4, -0.2) is 15.8 Å². The normalized spacial score (nSPS) is 10.8. The quantitative estimate of drug-likeness (QED) is 0.130. The molecule has 0 fully saturated rings. The van der Waals surface area contributed by atoms with Crippen LogP contribution in [0.15, 0.2) is 134 Å². The van der Waals surface area contributed by atoms with Gasteiger partial charge in [-0.15, -0.1) is 0 Å². The molecule has 0 radical (unpaired) electrons. The molecule has 2 aromatic heterocycles. The Morgan fingerprint density at radius 2 is 0.935 bits per heavy atom. The molecule has 0 amide bonds. The van der Waals surface area contributed by atoms with E-state index in [-0.39, 0.29) is 5.78 Å². The van der Waals surface area contributed by atoms with Crippen molar-refractivity contribution < 1.29 is 14.3 Å². The molecule has 2 heterocycles. The minimum Gasteiger partial charge on any atom is -0.472 e. The molecule has 0 saturated carbocycles. The van der Waals surface area contributed by atoms with Crippen LogP contribution in [0, 0.1) is 0 Å². The molecule has 4 aromatic carbocycles. The average molecular weight is 605 g/mol. The summed E-state index contributed by atoms with van der Waals surface area (Å²) in [5, 5.41) is 0. The van der Waals surface area contributed by atoms with Crippen LogP contribution in [0.5, 0.6) is 11.8 Å². The molecule has 0 aliphatic rings. The lowest BCUT2D eigenvalue weighted by Gasteiger charge is -2.17. The molecule has 228 valence electrons. The van der Waals surface area contributed by atoms with E-state index >= 15 is 0 Å². The van der Waals surface area contributed by atoms with Gasteiger partial charge in [0, 0.05) is 34.6 Å². The van der Waals surface area contributed by atoms with Gasteiger partial charge >= 0.3 is 0 Å². The van der Waals surface area contributed by atoms with Crippen LogP contribution in [0.1, 0.15) is 52.0 Å². The highest BCUT2D eigenvalue weighted by Crippen LogP contribution is 2.37. The summed E-state index contributed by atoms with van der Waals surface area (Å²) < 4.78 is 12.5. The van der Waals surface area contributed by atoms with E-state index in [1.54, 1.807) is 12.4 Å². The smallest absolute Gasteiger partial charge is 0.221 e. The Hall–Kier alpha value is -5.55. The van der Waals surface area contributed by atoms with Gasteiger partial charge < -0.3 is 9.47 Å². The van der Waals surface area contributed by atoms with Gasteiger partial charge in [-0.1, -0.05) is 111 Å². The zero-order chi connectivity index (χ0) is 31.7. The Kier molecular flexibility index (Phi) is 9.60. The number of rotatable bonds is 12. The number of ketones is 1. The third kappa shape index (κ3) is 6.89. The maximum Gasteiger partial charge on any atom is 0.221 e. The van der Waals surface area contributed by atoms with Crippen molar-refractivity contribution in [2.75, 3.05) is 0 Å². The summed E-state index contributed by atoms with van der Waals surface area (Å²) in [6.45, 7) is 4.96. The molecule has 0 saturated heterocycles. The first kappa shape index (κ1) is 30.5.